The van der Waals surface area contributed by atoms with E-state index in [1.807, 2.05) is 23.5 Å². The molecule has 5 nitrogen and oxygen atoms in total. The number of hydrogen-bond donors (Lipinski definition) is 0. The highest BCUT2D eigenvalue weighted by Crippen LogP contribution is 2.47. The van der Waals surface area contributed by atoms with Crippen LogP contribution in [0.1, 0.15) is 56.1 Å². The third kappa shape index (κ3) is 3.25. The number of hydrogen-bond acceptors (Lipinski definition) is 3. The van der Waals surface area contributed by atoms with Gasteiger partial charge in [0.25, 0.3) is 0 Å². The number of furan rings is 1. The molecule has 0 aromatic carbocycles. The van der Waals surface area contributed by atoms with Gasteiger partial charge in [-0.05, 0) is 37.3 Å². The summed E-state index contributed by atoms with van der Waals surface area (Å²) in [6, 6.07) is 4.49. The lowest BCUT2D eigenvalue weighted by molar-refractivity contribution is -0.132. The molecule has 2 aromatic rings. The summed E-state index contributed by atoms with van der Waals surface area (Å²) in [4.78, 5) is 18.7. The van der Waals surface area contributed by atoms with Crippen LogP contribution >= 0.6 is 0 Å². The maximum Gasteiger partial charge on any atom is 0.223 e. The van der Waals surface area contributed by atoms with Crippen molar-refractivity contribution < 1.29 is 9.21 Å². The first kappa shape index (κ1) is 15.5. The number of carbonyl (C=O) groups excluding carboxylic acids is 1. The summed E-state index contributed by atoms with van der Waals surface area (Å²) in [7, 11) is 0. The van der Waals surface area contributed by atoms with Crippen LogP contribution in [0.3, 0.4) is 0 Å². The molecule has 0 unspecified atom stereocenters. The van der Waals surface area contributed by atoms with Crippen LogP contribution in [0, 0.1) is 5.92 Å². The lowest BCUT2D eigenvalue weighted by atomic mass is 10.0. The second-order valence-electron chi connectivity index (χ2n) is 7.27. The van der Waals surface area contributed by atoms with Crippen molar-refractivity contribution in [1.82, 2.24) is 14.5 Å². The molecule has 128 valence electrons. The van der Waals surface area contributed by atoms with Crippen molar-refractivity contribution >= 4 is 5.91 Å². The van der Waals surface area contributed by atoms with Crippen LogP contribution in [-0.2, 0) is 11.2 Å². The Morgan fingerprint density at radius 2 is 2.29 bits per heavy atom. The molecule has 2 fully saturated rings. The van der Waals surface area contributed by atoms with E-state index in [1.54, 1.807) is 6.20 Å². The Balaban J connectivity index is 1.30. The highest BCUT2D eigenvalue weighted by Gasteiger charge is 2.36. The summed E-state index contributed by atoms with van der Waals surface area (Å²) in [5.74, 6) is 3.63. The van der Waals surface area contributed by atoms with Crippen LogP contribution in [-0.4, -0.2) is 33.4 Å². The number of aryl methyl sites for hydroxylation is 1. The molecule has 0 bridgehead atoms. The summed E-state index contributed by atoms with van der Waals surface area (Å²) in [6.07, 6.45) is 10.3. The van der Waals surface area contributed by atoms with Gasteiger partial charge in [0.05, 0.1) is 12.4 Å². The van der Waals surface area contributed by atoms with E-state index in [4.69, 9.17) is 4.42 Å². The number of aromatic nitrogens is 2. The normalized spacial score (nSPS) is 26.5. The number of rotatable bonds is 5. The first-order chi connectivity index (χ1) is 11.7. The molecular formula is C19H25N3O2. The summed E-state index contributed by atoms with van der Waals surface area (Å²) in [5, 5.41) is 0. The van der Waals surface area contributed by atoms with E-state index in [0.29, 0.717) is 24.8 Å². The monoisotopic (exact) mass is 327 g/mol. The van der Waals surface area contributed by atoms with E-state index < -0.39 is 0 Å². The van der Waals surface area contributed by atoms with Gasteiger partial charge in [0, 0.05) is 44.2 Å². The molecule has 4 rings (SSSR count). The second kappa shape index (κ2) is 6.46. The highest BCUT2D eigenvalue weighted by atomic mass is 16.3. The number of carbonyl (C=O) groups is 1. The van der Waals surface area contributed by atoms with Crippen LogP contribution < -0.4 is 0 Å². The average molecular weight is 327 g/mol. The molecule has 5 heteroatoms. The van der Waals surface area contributed by atoms with Crippen LogP contribution in [0.5, 0.6) is 0 Å². The zero-order valence-corrected chi connectivity index (χ0v) is 14.2. The van der Waals surface area contributed by atoms with Crippen molar-refractivity contribution in [1.29, 1.82) is 0 Å². The smallest absolute Gasteiger partial charge is 0.223 e. The van der Waals surface area contributed by atoms with Crippen LogP contribution in [0.4, 0.5) is 0 Å². The molecule has 24 heavy (non-hydrogen) atoms. The van der Waals surface area contributed by atoms with E-state index in [0.717, 1.165) is 43.4 Å². The molecule has 2 aromatic heterocycles. The zero-order valence-electron chi connectivity index (χ0n) is 14.2. The van der Waals surface area contributed by atoms with Gasteiger partial charge in [-0.2, -0.15) is 0 Å². The Bertz CT molecular complexity index is 691. The molecular weight excluding hydrogens is 302 g/mol. The van der Waals surface area contributed by atoms with Gasteiger partial charge in [-0.15, -0.1) is 0 Å². The lowest BCUT2D eigenvalue weighted by Crippen LogP contribution is -2.40. The molecule has 1 saturated heterocycles. The largest absolute Gasteiger partial charge is 0.466 e. The van der Waals surface area contributed by atoms with E-state index in [2.05, 4.69) is 22.5 Å². The van der Waals surface area contributed by atoms with Gasteiger partial charge in [-0.25, -0.2) is 4.98 Å². The number of piperidine rings is 1. The molecule has 0 N–H and O–H groups in total. The second-order valence-corrected chi connectivity index (χ2v) is 7.27. The Morgan fingerprint density at radius 1 is 1.42 bits per heavy atom. The quantitative estimate of drug-likeness (QED) is 0.846. The molecule has 1 aliphatic heterocycles. The zero-order chi connectivity index (χ0) is 16.5. The van der Waals surface area contributed by atoms with E-state index >= 15 is 0 Å². The van der Waals surface area contributed by atoms with E-state index in [9.17, 15) is 4.79 Å². The minimum atomic E-state index is 0.234. The van der Waals surface area contributed by atoms with E-state index in [-0.39, 0.29) is 5.91 Å². The van der Waals surface area contributed by atoms with Gasteiger partial charge in [0.15, 0.2) is 0 Å². The lowest BCUT2D eigenvalue weighted by Gasteiger charge is -2.33. The van der Waals surface area contributed by atoms with Crippen LogP contribution in [0.15, 0.2) is 35.3 Å². The molecule has 0 radical (unpaired) electrons. The standard InChI is InChI=1S/C19H25N3O2/c1-14-11-17(14)18-6-4-16(24-18)5-7-19(23)21-9-2-3-15(12-21)22-10-8-20-13-22/h4,6,8,10,13-15,17H,2-3,5,7,9,11-12H2,1H3/t14-,15-,17-/m1/s1. The van der Waals surface area contributed by atoms with Gasteiger partial charge in [-0.1, -0.05) is 6.92 Å². The molecule has 0 spiro atoms. The number of nitrogens with zero attached hydrogens (tertiary/aromatic N) is 3. The van der Waals surface area contributed by atoms with Crippen molar-refractivity contribution in [2.75, 3.05) is 13.1 Å². The average Bonchev–Trinajstić information content (AvgIpc) is 3.04. The van der Waals surface area contributed by atoms with Crippen molar-refractivity contribution in [2.45, 2.75) is 51.0 Å². The highest BCUT2D eigenvalue weighted by molar-refractivity contribution is 5.76. The Hall–Kier alpha value is -2.04. The SMILES string of the molecule is C[C@@H]1C[C@H]1c1ccc(CCC(=O)N2CCC[C@@H](n3ccnc3)C2)o1. The third-order valence-corrected chi connectivity index (χ3v) is 5.44. The predicted molar refractivity (Wildman–Crippen MR) is 90.6 cm³/mol. The molecule has 2 aliphatic rings. The maximum absolute atomic E-state index is 12.6. The molecule has 1 aliphatic carbocycles. The topological polar surface area (TPSA) is 51.3 Å². The van der Waals surface area contributed by atoms with Gasteiger partial charge < -0.3 is 13.9 Å². The minimum Gasteiger partial charge on any atom is -0.466 e. The van der Waals surface area contributed by atoms with Gasteiger partial charge in [0.2, 0.25) is 5.91 Å². The summed E-state index contributed by atoms with van der Waals surface area (Å²) in [6.45, 7) is 3.91. The van der Waals surface area contributed by atoms with Gasteiger partial charge in [0.1, 0.15) is 11.5 Å². The van der Waals surface area contributed by atoms with Crippen molar-refractivity contribution in [3.05, 3.63) is 42.4 Å². The van der Waals surface area contributed by atoms with Crippen molar-refractivity contribution in [3.63, 3.8) is 0 Å². The fraction of sp³-hybridized carbons (Fsp3) is 0.579. The fourth-order valence-corrected chi connectivity index (χ4v) is 3.74. The molecule has 1 saturated carbocycles. The van der Waals surface area contributed by atoms with Crippen LogP contribution in [0.2, 0.25) is 0 Å². The summed E-state index contributed by atoms with van der Waals surface area (Å²) >= 11 is 0. The third-order valence-electron chi connectivity index (χ3n) is 5.44. The van der Waals surface area contributed by atoms with Crippen LogP contribution in [0.25, 0.3) is 0 Å². The summed E-state index contributed by atoms with van der Waals surface area (Å²) in [5.41, 5.74) is 0. The number of imidazole rings is 1. The molecule has 3 heterocycles. The number of likely N-dealkylation sites (tertiary alicyclic amines) is 1. The molecule has 3 atom stereocenters. The Morgan fingerprint density at radius 3 is 3.04 bits per heavy atom. The van der Waals surface area contributed by atoms with E-state index in [1.165, 1.54) is 6.42 Å². The van der Waals surface area contributed by atoms with Crippen molar-refractivity contribution in [2.24, 2.45) is 5.92 Å². The summed E-state index contributed by atoms with van der Waals surface area (Å²) < 4.78 is 8.03. The van der Waals surface area contributed by atoms with Gasteiger partial charge >= 0.3 is 0 Å². The predicted octanol–water partition coefficient (Wildman–Crippen LogP) is 3.40. The first-order valence-electron chi connectivity index (χ1n) is 9.04. The minimum absolute atomic E-state index is 0.234. The maximum atomic E-state index is 12.6. The van der Waals surface area contributed by atoms with Gasteiger partial charge in [-0.3, -0.25) is 4.79 Å². The molecule has 1 amide bonds. The first-order valence-corrected chi connectivity index (χ1v) is 9.04. The number of amides is 1. The Kier molecular flexibility index (Phi) is 4.17. The Labute approximate surface area is 142 Å². The fourth-order valence-electron chi connectivity index (χ4n) is 3.74. The van der Waals surface area contributed by atoms with Crippen molar-refractivity contribution in [3.8, 4) is 0 Å².